The molecule has 0 aliphatic carbocycles. The molecule has 2 N–H and O–H groups in total. The van der Waals surface area contributed by atoms with E-state index in [1.165, 1.54) is 5.56 Å². The van der Waals surface area contributed by atoms with Crippen LogP contribution >= 0.6 is 0 Å². The number of carbonyl (C=O) groups is 2. The molecule has 0 heterocycles. The van der Waals surface area contributed by atoms with E-state index in [0.29, 0.717) is 17.9 Å². The van der Waals surface area contributed by atoms with Gasteiger partial charge in [0.05, 0.1) is 0 Å². The highest BCUT2D eigenvalue weighted by atomic mass is 16.5. The number of anilines is 1. The van der Waals surface area contributed by atoms with Crippen molar-refractivity contribution in [2.75, 3.05) is 11.9 Å². The number of hydrogen-bond donors (Lipinski definition) is 2. The number of benzene rings is 3. The van der Waals surface area contributed by atoms with Gasteiger partial charge in [-0.05, 0) is 62.2 Å². The zero-order chi connectivity index (χ0) is 21.3. The molecule has 0 fully saturated rings. The minimum absolute atomic E-state index is 0.136. The van der Waals surface area contributed by atoms with Crippen molar-refractivity contribution in [1.82, 2.24) is 5.32 Å². The smallest absolute Gasteiger partial charge is 0.265 e. The van der Waals surface area contributed by atoms with Crippen LogP contribution in [-0.4, -0.2) is 24.5 Å². The largest absolute Gasteiger partial charge is 0.481 e. The minimum atomic E-state index is -0.670. The standard InChI is InChI=1S/C25H26N2O3/c1-18-8-12-22(13-9-18)27-24(28)19(2)30-23-14-10-21(11-15-23)25(29)26-17-16-20-6-4-3-5-7-20/h3-15,19H,16-17H2,1-2H3,(H,26,29)(H,27,28)/t19-/m0/s1. The van der Waals surface area contributed by atoms with E-state index in [2.05, 4.69) is 10.6 Å². The van der Waals surface area contributed by atoms with Crippen molar-refractivity contribution >= 4 is 17.5 Å². The lowest BCUT2D eigenvalue weighted by atomic mass is 10.1. The summed E-state index contributed by atoms with van der Waals surface area (Å²) in [6, 6.07) is 24.4. The first-order valence-corrected chi connectivity index (χ1v) is 9.97. The Morgan fingerprint density at radius 3 is 2.23 bits per heavy atom. The Morgan fingerprint density at radius 2 is 1.57 bits per heavy atom. The fourth-order valence-electron chi connectivity index (χ4n) is 2.89. The van der Waals surface area contributed by atoms with Crippen molar-refractivity contribution in [1.29, 1.82) is 0 Å². The molecule has 0 saturated carbocycles. The van der Waals surface area contributed by atoms with Crippen molar-refractivity contribution in [3.05, 3.63) is 95.6 Å². The highest BCUT2D eigenvalue weighted by molar-refractivity contribution is 5.95. The van der Waals surface area contributed by atoms with Gasteiger partial charge in [0.1, 0.15) is 5.75 Å². The van der Waals surface area contributed by atoms with Crippen LogP contribution in [0.25, 0.3) is 0 Å². The van der Waals surface area contributed by atoms with Crippen LogP contribution in [0.2, 0.25) is 0 Å². The van der Waals surface area contributed by atoms with Crippen LogP contribution < -0.4 is 15.4 Å². The zero-order valence-electron chi connectivity index (χ0n) is 17.2. The van der Waals surface area contributed by atoms with Crippen LogP contribution in [-0.2, 0) is 11.2 Å². The number of aryl methyl sites for hydroxylation is 1. The third-order valence-corrected chi connectivity index (χ3v) is 4.66. The normalized spacial score (nSPS) is 11.4. The average molecular weight is 402 g/mol. The topological polar surface area (TPSA) is 67.4 Å². The summed E-state index contributed by atoms with van der Waals surface area (Å²) in [5.41, 5.74) is 3.58. The maximum absolute atomic E-state index is 12.3. The van der Waals surface area contributed by atoms with Crippen molar-refractivity contribution in [2.24, 2.45) is 0 Å². The van der Waals surface area contributed by atoms with Crippen molar-refractivity contribution in [3.8, 4) is 5.75 Å². The van der Waals surface area contributed by atoms with E-state index in [4.69, 9.17) is 4.74 Å². The molecule has 0 radical (unpaired) electrons. The first kappa shape index (κ1) is 21.1. The predicted molar refractivity (Wildman–Crippen MR) is 119 cm³/mol. The third-order valence-electron chi connectivity index (χ3n) is 4.66. The molecule has 3 aromatic carbocycles. The summed E-state index contributed by atoms with van der Waals surface area (Å²) < 4.78 is 5.70. The Kier molecular flexibility index (Phi) is 7.22. The van der Waals surface area contributed by atoms with Crippen LogP contribution in [0.15, 0.2) is 78.9 Å². The molecular formula is C25H26N2O3. The van der Waals surface area contributed by atoms with Gasteiger partial charge in [-0.3, -0.25) is 9.59 Å². The molecule has 0 bridgehead atoms. The third kappa shape index (κ3) is 6.21. The van der Waals surface area contributed by atoms with E-state index in [1.54, 1.807) is 31.2 Å². The van der Waals surface area contributed by atoms with Gasteiger partial charge in [-0.15, -0.1) is 0 Å². The number of rotatable bonds is 8. The van der Waals surface area contributed by atoms with Gasteiger partial charge in [-0.1, -0.05) is 48.0 Å². The molecule has 1 atom stereocenters. The molecule has 0 spiro atoms. The summed E-state index contributed by atoms with van der Waals surface area (Å²) in [7, 11) is 0. The van der Waals surface area contributed by atoms with Gasteiger partial charge in [0.25, 0.3) is 11.8 Å². The Morgan fingerprint density at radius 1 is 0.900 bits per heavy atom. The van der Waals surface area contributed by atoms with Gasteiger partial charge in [-0.25, -0.2) is 0 Å². The van der Waals surface area contributed by atoms with E-state index in [9.17, 15) is 9.59 Å². The predicted octanol–water partition coefficient (Wildman–Crippen LogP) is 4.37. The van der Waals surface area contributed by atoms with Gasteiger partial charge in [0, 0.05) is 17.8 Å². The van der Waals surface area contributed by atoms with Crippen molar-refractivity contribution in [2.45, 2.75) is 26.4 Å². The van der Waals surface area contributed by atoms with Gasteiger partial charge < -0.3 is 15.4 Å². The molecule has 30 heavy (non-hydrogen) atoms. The Hall–Kier alpha value is -3.60. The minimum Gasteiger partial charge on any atom is -0.481 e. The Labute approximate surface area is 177 Å². The molecule has 0 aliphatic rings. The highest BCUT2D eigenvalue weighted by Gasteiger charge is 2.15. The second-order valence-electron chi connectivity index (χ2n) is 7.13. The quantitative estimate of drug-likeness (QED) is 0.588. The fraction of sp³-hybridized carbons (Fsp3) is 0.200. The molecular weight excluding hydrogens is 376 g/mol. The molecule has 2 amide bonds. The van der Waals surface area contributed by atoms with Gasteiger partial charge in [0.15, 0.2) is 6.10 Å². The van der Waals surface area contributed by atoms with Gasteiger partial charge in [0.2, 0.25) is 0 Å². The summed E-state index contributed by atoms with van der Waals surface area (Å²) in [4.78, 5) is 24.6. The van der Waals surface area contributed by atoms with Crippen molar-refractivity contribution in [3.63, 3.8) is 0 Å². The molecule has 0 unspecified atom stereocenters. The van der Waals surface area contributed by atoms with E-state index in [1.807, 2.05) is 61.5 Å². The second kappa shape index (κ2) is 10.3. The molecule has 5 nitrogen and oxygen atoms in total. The van der Waals surface area contributed by atoms with Crippen LogP contribution in [0, 0.1) is 6.92 Å². The first-order chi connectivity index (χ1) is 14.5. The second-order valence-corrected chi connectivity index (χ2v) is 7.13. The van der Waals surface area contributed by atoms with Gasteiger partial charge >= 0.3 is 0 Å². The van der Waals surface area contributed by atoms with Gasteiger partial charge in [-0.2, -0.15) is 0 Å². The summed E-state index contributed by atoms with van der Waals surface area (Å²) in [5.74, 6) is 0.159. The number of amides is 2. The van der Waals surface area contributed by atoms with Crippen LogP contribution in [0.1, 0.15) is 28.4 Å². The summed E-state index contributed by atoms with van der Waals surface area (Å²) in [5, 5.41) is 5.74. The number of carbonyl (C=O) groups excluding carboxylic acids is 2. The molecule has 3 aromatic rings. The molecule has 3 rings (SSSR count). The first-order valence-electron chi connectivity index (χ1n) is 9.97. The Balaban J connectivity index is 1.47. The summed E-state index contributed by atoms with van der Waals surface area (Å²) in [6.45, 7) is 4.25. The maximum Gasteiger partial charge on any atom is 0.265 e. The lowest BCUT2D eigenvalue weighted by Crippen LogP contribution is -2.30. The van der Waals surface area contributed by atoms with E-state index < -0.39 is 6.10 Å². The summed E-state index contributed by atoms with van der Waals surface area (Å²) >= 11 is 0. The van der Waals surface area contributed by atoms with Crippen LogP contribution in [0.4, 0.5) is 5.69 Å². The average Bonchev–Trinajstić information content (AvgIpc) is 2.76. The summed E-state index contributed by atoms with van der Waals surface area (Å²) in [6.07, 6.45) is 0.110. The van der Waals surface area contributed by atoms with Crippen LogP contribution in [0.3, 0.4) is 0 Å². The maximum atomic E-state index is 12.3. The number of ether oxygens (including phenoxy) is 1. The molecule has 0 aliphatic heterocycles. The van der Waals surface area contributed by atoms with Crippen LogP contribution in [0.5, 0.6) is 5.75 Å². The molecule has 5 heteroatoms. The molecule has 0 saturated heterocycles. The fourth-order valence-corrected chi connectivity index (χ4v) is 2.89. The van der Waals surface area contributed by atoms with Crippen molar-refractivity contribution < 1.29 is 14.3 Å². The van der Waals surface area contributed by atoms with E-state index in [0.717, 1.165) is 17.7 Å². The molecule has 154 valence electrons. The lowest BCUT2D eigenvalue weighted by Gasteiger charge is -2.15. The lowest BCUT2D eigenvalue weighted by molar-refractivity contribution is -0.122. The van der Waals surface area contributed by atoms with E-state index >= 15 is 0 Å². The monoisotopic (exact) mass is 402 g/mol. The van der Waals surface area contributed by atoms with E-state index in [-0.39, 0.29) is 11.8 Å². The highest BCUT2D eigenvalue weighted by Crippen LogP contribution is 2.15. The number of hydrogen-bond acceptors (Lipinski definition) is 3. The SMILES string of the molecule is Cc1ccc(NC(=O)[C@H](C)Oc2ccc(C(=O)NCCc3ccccc3)cc2)cc1. The zero-order valence-corrected chi connectivity index (χ0v) is 17.2. The molecule has 0 aromatic heterocycles. The number of nitrogens with one attached hydrogen (secondary N) is 2. The Bertz CT molecular complexity index is 968.